The van der Waals surface area contributed by atoms with E-state index >= 15 is 0 Å². The van der Waals surface area contributed by atoms with Crippen molar-refractivity contribution >= 4 is 33.4 Å². The lowest BCUT2D eigenvalue weighted by molar-refractivity contribution is 0.0526. The minimum absolute atomic E-state index is 0.314. The summed E-state index contributed by atoms with van der Waals surface area (Å²) in [7, 11) is 1.77. The van der Waals surface area contributed by atoms with Crippen LogP contribution in [0.15, 0.2) is 29.4 Å². The van der Waals surface area contributed by atoms with Crippen molar-refractivity contribution in [3.8, 4) is 0 Å². The van der Waals surface area contributed by atoms with Gasteiger partial charge in [-0.25, -0.2) is 4.79 Å². The molecular formula is C20H24N4O4S. The van der Waals surface area contributed by atoms with Gasteiger partial charge >= 0.3 is 5.97 Å². The Bertz CT molecular complexity index is 1110. The van der Waals surface area contributed by atoms with Gasteiger partial charge in [-0.15, -0.1) is 0 Å². The van der Waals surface area contributed by atoms with Crippen LogP contribution in [-0.4, -0.2) is 46.0 Å². The summed E-state index contributed by atoms with van der Waals surface area (Å²) in [5, 5.41) is 4.21. The maximum atomic E-state index is 12.7. The van der Waals surface area contributed by atoms with Gasteiger partial charge in [-0.3, -0.25) is 9.48 Å². The maximum absolute atomic E-state index is 12.7. The Balaban J connectivity index is 2.07. The Morgan fingerprint density at radius 1 is 1.24 bits per heavy atom. The zero-order valence-corrected chi connectivity index (χ0v) is 17.8. The van der Waals surface area contributed by atoms with Crippen molar-refractivity contribution in [3.63, 3.8) is 0 Å². The third kappa shape index (κ3) is 4.63. The number of fused-ring (bicyclic) bond motifs is 1. The Morgan fingerprint density at radius 3 is 2.69 bits per heavy atom. The molecule has 1 amide bonds. The van der Waals surface area contributed by atoms with E-state index in [9.17, 15) is 9.59 Å². The topological polar surface area (TPSA) is 87.7 Å². The van der Waals surface area contributed by atoms with Crippen LogP contribution in [0.5, 0.6) is 0 Å². The second-order valence-corrected chi connectivity index (χ2v) is 7.40. The van der Waals surface area contributed by atoms with E-state index in [4.69, 9.17) is 9.47 Å². The number of nitrogens with zero attached hydrogens (tertiary/aromatic N) is 4. The summed E-state index contributed by atoms with van der Waals surface area (Å²) < 4.78 is 14.9. The summed E-state index contributed by atoms with van der Waals surface area (Å²) in [4.78, 5) is 29.6. The van der Waals surface area contributed by atoms with Crippen LogP contribution in [0.2, 0.25) is 0 Å². The van der Waals surface area contributed by atoms with Gasteiger partial charge in [-0.05, 0) is 39.0 Å². The van der Waals surface area contributed by atoms with Crippen molar-refractivity contribution in [3.05, 3.63) is 46.0 Å². The third-order valence-electron chi connectivity index (χ3n) is 4.27. The molecule has 2 heterocycles. The number of benzene rings is 1. The van der Waals surface area contributed by atoms with Crippen LogP contribution in [0.25, 0.3) is 10.2 Å². The SMILES string of the molecule is CCOCCn1c(=NC(=O)c2nn(C)cc2C)sc2cc(C(=O)OCC)ccc21. The lowest BCUT2D eigenvalue weighted by Crippen LogP contribution is -2.20. The number of thiazole rings is 1. The van der Waals surface area contributed by atoms with Gasteiger partial charge in [0.1, 0.15) is 0 Å². The summed E-state index contributed by atoms with van der Waals surface area (Å²) in [6.07, 6.45) is 1.78. The van der Waals surface area contributed by atoms with E-state index in [-0.39, 0.29) is 5.97 Å². The fourth-order valence-corrected chi connectivity index (χ4v) is 4.07. The molecule has 2 aromatic heterocycles. The van der Waals surface area contributed by atoms with Gasteiger partial charge < -0.3 is 14.0 Å². The summed E-state index contributed by atoms with van der Waals surface area (Å²) in [5.41, 5.74) is 2.45. The van der Waals surface area contributed by atoms with E-state index in [1.54, 1.807) is 37.0 Å². The first-order valence-corrected chi connectivity index (χ1v) is 10.2. The predicted octanol–water partition coefficient (Wildman–Crippen LogP) is 2.70. The van der Waals surface area contributed by atoms with Gasteiger partial charge in [0.25, 0.3) is 5.91 Å². The first-order chi connectivity index (χ1) is 13.9. The number of amides is 1. The molecule has 0 spiro atoms. The minimum atomic E-state index is -0.398. The average Bonchev–Trinajstić information content (AvgIpc) is 3.20. The highest BCUT2D eigenvalue weighted by Gasteiger charge is 2.15. The van der Waals surface area contributed by atoms with Gasteiger partial charge in [-0.1, -0.05) is 11.3 Å². The number of hydrogen-bond acceptors (Lipinski definition) is 6. The maximum Gasteiger partial charge on any atom is 0.338 e. The number of carbonyl (C=O) groups is 2. The summed E-state index contributed by atoms with van der Waals surface area (Å²) in [5.74, 6) is -0.771. The number of aromatic nitrogens is 3. The predicted molar refractivity (Wildman–Crippen MR) is 110 cm³/mol. The van der Waals surface area contributed by atoms with Crippen molar-refractivity contribution in [2.24, 2.45) is 12.0 Å². The van der Waals surface area contributed by atoms with Crippen LogP contribution in [-0.2, 0) is 23.1 Å². The molecule has 0 fully saturated rings. The van der Waals surface area contributed by atoms with Gasteiger partial charge in [0.15, 0.2) is 10.5 Å². The molecule has 0 saturated carbocycles. The minimum Gasteiger partial charge on any atom is -0.462 e. The van der Waals surface area contributed by atoms with Crippen molar-refractivity contribution in [2.45, 2.75) is 27.3 Å². The fraction of sp³-hybridized carbons (Fsp3) is 0.400. The van der Waals surface area contributed by atoms with E-state index in [2.05, 4.69) is 10.1 Å². The molecule has 0 saturated heterocycles. The Kier molecular flexibility index (Phi) is 6.60. The second kappa shape index (κ2) is 9.15. The van der Waals surface area contributed by atoms with Crippen LogP contribution in [0.4, 0.5) is 0 Å². The monoisotopic (exact) mass is 416 g/mol. The van der Waals surface area contributed by atoms with E-state index in [0.29, 0.717) is 42.4 Å². The molecule has 3 aromatic rings. The number of rotatable bonds is 7. The largest absolute Gasteiger partial charge is 0.462 e. The number of hydrogen-bond donors (Lipinski definition) is 0. The van der Waals surface area contributed by atoms with Crippen LogP contribution in [0, 0.1) is 6.92 Å². The lowest BCUT2D eigenvalue weighted by atomic mass is 10.2. The second-order valence-electron chi connectivity index (χ2n) is 6.39. The first kappa shape index (κ1) is 20.9. The fourth-order valence-electron chi connectivity index (χ4n) is 2.97. The van der Waals surface area contributed by atoms with Crippen LogP contribution in [0.1, 0.15) is 40.3 Å². The standard InChI is InChI=1S/C20H24N4O4S/c1-5-27-10-9-24-15-8-7-14(19(26)28-6-2)11-16(15)29-20(24)21-18(25)17-13(3)12-23(4)22-17/h7-8,11-12H,5-6,9-10H2,1-4H3. The van der Waals surface area contributed by atoms with E-state index in [1.165, 1.54) is 11.3 Å². The van der Waals surface area contributed by atoms with E-state index in [1.807, 2.05) is 24.5 Å². The highest BCUT2D eigenvalue weighted by atomic mass is 32.1. The first-order valence-electron chi connectivity index (χ1n) is 9.42. The van der Waals surface area contributed by atoms with Crippen molar-refractivity contribution in [1.82, 2.24) is 14.3 Å². The molecule has 0 aliphatic rings. The molecule has 29 heavy (non-hydrogen) atoms. The summed E-state index contributed by atoms with van der Waals surface area (Å²) in [6.45, 7) is 7.48. The Labute approximate surface area is 172 Å². The highest BCUT2D eigenvalue weighted by molar-refractivity contribution is 7.16. The molecule has 0 atom stereocenters. The number of aryl methyl sites for hydroxylation is 2. The quantitative estimate of drug-likeness (QED) is 0.437. The molecule has 0 aliphatic carbocycles. The highest BCUT2D eigenvalue weighted by Crippen LogP contribution is 2.20. The molecule has 0 bridgehead atoms. The normalized spacial score (nSPS) is 11.9. The summed E-state index contributed by atoms with van der Waals surface area (Å²) >= 11 is 1.34. The third-order valence-corrected chi connectivity index (χ3v) is 5.31. The molecule has 0 aliphatic heterocycles. The van der Waals surface area contributed by atoms with E-state index in [0.717, 1.165) is 15.8 Å². The van der Waals surface area contributed by atoms with Crippen LogP contribution in [0.3, 0.4) is 0 Å². The van der Waals surface area contributed by atoms with Crippen molar-refractivity contribution in [1.29, 1.82) is 0 Å². The molecular weight excluding hydrogens is 392 g/mol. The molecule has 0 N–H and O–H groups in total. The smallest absolute Gasteiger partial charge is 0.338 e. The molecule has 0 radical (unpaired) electrons. The van der Waals surface area contributed by atoms with Crippen LogP contribution >= 0.6 is 11.3 Å². The van der Waals surface area contributed by atoms with Gasteiger partial charge in [0, 0.05) is 32.0 Å². The van der Waals surface area contributed by atoms with Crippen LogP contribution < -0.4 is 4.80 Å². The number of carbonyl (C=O) groups excluding carboxylic acids is 2. The summed E-state index contributed by atoms with van der Waals surface area (Å²) in [6, 6.07) is 5.34. The van der Waals surface area contributed by atoms with Crippen molar-refractivity contribution < 1.29 is 19.1 Å². The zero-order chi connectivity index (χ0) is 21.0. The molecule has 3 rings (SSSR count). The zero-order valence-electron chi connectivity index (χ0n) is 17.0. The molecule has 0 unspecified atom stereocenters. The molecule has 9 heteroatoms. The van der Waals surface area contributed by atoms with Gasteiger partial charge in [0.2, 0.25) is 0 Å². The Morgan fingerprint density at radius 2 is 2.03 bits per heavy atom. The lowest BCUT2D eigenvalue weighted by Gasteiger charge is -2.06. The van der Waals surface area contributed by atoms with Crippen molar-refractivity contribution in [2.75, 3.05) is 19.8 Å². The van der Waals surface area contributed by atoms with Gasteiger partial charge in [0.05, 0.1) is 29.0 Å². The number of esters is 1. The number of ether oxygens (including phenoxy) is 2. The van der Waals surface area contributed by atoms with E-state index < -0.39 is 5.91 Å². The molecule has 154 valence electrons. The Hall–Kier alpha value is -2.78. The average molecular weight is 417 g/mol. The molecule has 1 aromatic carbocycles. The molecule has 8 nitrogen and oxygen atoms in total. The van der Waals surface area contributed by atoms with Gasteiger partial charge in [-0.2, -0.15) is 10.1 Å².